The van der Waals surface area contributed by atoms with E-state index in [0.29, 0.717) is 37.2 Å². The van der Waals surface area contributed by atoms with Crippen LogP contribution in [0.3, 0.4) is 0 Å². The molecule has 3 heterocycles. The predicted octanol–water partition coefficient (Wildman–Crippen LogP) is 0.729. The van der Waals surface area contributed by atoms with Gasteiger partial charge in [-0.1, -0.05) is 37.7 Å². The number of amides is 3. The topological polar surface area (TPSA) is 195 Å². The molecule has 1 unspecified atom stereocenters. The summed E-state index contributed by atoms with van der Waals surface area (Å²) in [7, 11) is 0. The Bertz CT molecular complexity index is 1290. The zero-order valence-corrected chi connectivity index (χ0v) is 26.2. The number of aromatic nitrogens is 1. The number of nitrogens with zero attached hydrogens (tertiary/aromatic N) is 3. The average molecular weight is 643 g/mol. The standard InChI is InChI=1S/C31H42N6O9/c1-4-16-44-29(41)11-10-22(25(38)19-45-31(43)26-18-23(36-46-26)21-8-5-6-13-32-21)35-30(42)24-9-7-14-34-37(24)28(40)12-15-33-27(39)17-20(2)3/h4-6,8,13,20,22,24,26,34H,1,7,9-12,14-19H2,2-3H3,(H,33,39)(H,35,42)/t22-,24-,26?/m0/s1. The van der Waals surface area contributed by atoms with E-state index >= 15 is 0 Å². The molecule has 1 aromatic rings. The van der Waals surface area contributed by atoms with Crippen molar-refractivity contribution < 1.29 is 43.1 Å². The number of pyridine rings is 1. The Labute approximate surface area is 267 Å². The molecule has 250 valence electrons. The Morgan fingerprint density at radius 2 is 1.98 bits per heavy atom. The van der Waals surface area contributed by atoms with Gasteiger partial charge in [0.05, 0.1) is 11.7 Å². The first kappa shape index (κ1) is 35.8. The van der Waals surface area contributed by atoms with Crippen molar-refractivity contribution in [1.82, 2.24) is 26.1 Å². The molecule has 2 aliphatic rings. The van der Waals surface area contributed by atoms with Gasteiger partial charge in [0.2, 0.25) is 23.8 Å². The number of hydrogen-bond acceptors (Lipinski definition) is 12. The molecule has 0 spiro atoms. The van der Waals surface area contributed by atoms with Crippen LogP contribution >= 0.6 is 0 Å². The second-order valence-corrected chi connectivity index (χ2v) is 11.2. The third kappa shape index (κ3) is 11.4. The molecule has 15 heteroatoms. The summed E-state index contributed by atoms with van der Waals surface area (Å²) in [4.78, 5) is 85.7. The van der Waals surface area contributed by atoms with Gasteiger partial charge in [-0.05, 0) is 37.3 Å². The number of nitrogens with one attached hydrogen (secondary N) is 3. The summed E-state index contributed by atoms with van der Waals surface area (Å²) in [6.07, 6.45) is 2.84. The Kier molecular flexibility index (Phi) is 14.3. The lowest BCUT2D eigenvalue weighted by Gasteiger charge is -2.36. The summed E-state index contributed by atoms with van der Waals surface area (Å²) in [6.45, 7) is 7.15. The number of ketones is 1. The number of esters is 2. The lowest BCUT2D eigenvalue weighted by atomic mass is 10.0. The highest BCUT2D eigenvalue weighted by Gasteiger charge is 2.36. The van der Waals surface area contributed by atoms with E-state index in [-0.39, 0.29) is 50.7 Å². The molecule has 2 aliphatic heterocycles. The van der Waals surface area contributed by atoms with Crippen molar-refractivity contribution >= 4 is 41.2 Å². The molecule has 0 radical (unpaired) electrons. The van der Waals surface area contributed by atoms with Gasteiger partial charge in [-0.3, -0.25) is 34.0 Å². The van der Waals surface area contributed by atoms with Crippen LogP contribution in [0.25, 0.3) is 0 Å². The van der Waals surface area contributed by atoms with Crippen LogP contribution in [-0.4, -0.2) is 95.6 Å². The minimum Gasteiger partial charge on any atom is -0.461 e. The van der Waals surface area contributed by atoms with E-state index in [9.17, 15) is 28.8 Å². The monoisotopic (exact) mass is 642 g/mol. The van der Waals surface area contributed by atoms with Crippen LogP contribution in [0.5, 0.6) is 0 Å². The number of hydrazine groups is 1. The average Bonchev–Trinajstić information content (AvgIpc) is 3.55. The van der Waals surface area contributed by atoms with Gasteiger partial charge >= 0.3 is 11.9 Å². The van der Waals surface area contributed by atoms with Gasteiger partial charge in [-0.2, -0.15) is 0 Å². The van der Waals surface area contributed by atoms with Crippen molar-refractivity contribution in [3.63, 3.8) is 0 Å². The number of oxime groups is 1. The normalized spacial score (nSPS) is 18.1. The Hall–Kier alpha value is -4.66. The smallest absolute Gasteiger partial charge is 0.351 e. The lowest BCUT2D eigenvalue weighted by molar-refractivity contribution is -0.159. The molecule has 0 aromatic carbocycles. The van der Waals surface area contributed by atoms with Crippen LogP contribution in [0.4, 0.5) is 0 Å². The van der Waals surface area contributed by atoms with Gasteiger partial charge < -0.3 is 24.9 Å². The quantitative estimate of drug-likeness (QED) is 0.160. The van der Waals surface area contributed by atoms with Crippen molar-refractivity contribution in [1.29, 1.82) is 0 Å². The molecule has 3 atom stereocenters. The molecule has 0 aliphatic carbocycles. The first-order valence-electron chi connectivity index (χ1n) is 15.3. The van der Waals surface area contributed by atoms with Gasteiger partial charge in [0.15, 0.2) is 12.4 Å². The van der Waals surface area contributed by atoms with E-state index < -0.39 is 54.3 Å². The van der Waals surface area contributed by atoms with E-state index in [1.807, 2.05) is 13.8 Å². The minimum absolute atomic E-state index is 0.0197. The number of hydrogen-bond donors (Lipinski definition) is 3. The van der Waals surface area contributed by atoms with Crippen LogP contribution in [0, 0.1) is 5.92 Å². The molecule has 1 saturated heterocycles. The minimum atomic E-state index is -1.23. The maximum absolute atomic E-state index is 13.4. The first-order chi connectivity index (χ1) is 22.1. The zero-order chi connectivity index (χ0) is 33.5. The van der Waals surface area contributed by atoms with Crippen molar-refractivity contribution in [3.8, 4) is 0 Å². The molecular weight excluding hydrogens is 600 g/mol. The number of Topliss-reactive ketones (excluding diaryl/α,β-unsaturated/α-hetero) is 1. The summed E-state index contributed by atoms with van der Waals surface area (Å²) in [5.41, 5.74) is 3.92. The molecule has 3 N–H and O–H groups in total. The van der Waals surface area contributed by atoms with Gasteiger partial charge in [0.25, 0.3) is 0 Å². The third-order valence-corrected chi connectivity index (χ3v) is 7.03. The van der Waals surface area contributed by atoms with Gasteiger partial charge in [0, 0.05) is 45.0 Å². The van der Waals surface area contributed by atoms with Crippen molar-refractivity contribution in [3.05, 3.63) is 42.7 Å². The van der Waals surface area contributed by atoms with Crippen molar-refractivity contribution in [2.24, 2.45) is 11.1 Å². The highest BCUT2D eigenvalue weighted by molar-refractivity contribution is 6.02. The predicted molar refractivity (Wildman–Crippen MR) is 164 cm³/mol. The fourth-order valence-corrected chi connectivity index (χ4v) is 4.71. The zero-order valence-electron chi connectivity index (χ0n) is 26.2. The maximum atomic E-state index is 13.4. The highest BCUT2D eigenvalue weighted by Crippen LogP contribution is 2.17. The summed E-state index contributed by atoms with van der Waals surface area (Å²) >= 11 is 0. The third-order valence-electron chi connectivity index (χ3n) is 7.03. The molecule has 15 nitrogen and oxygen atoms in total. The maximum Gasteiger partial charge on any atom is 0.351 e. The van der Waals surface area contributed by atoms with Crippen molar-refractivity contribution in [2.75, 3.05) is 26.3 Å². The Morgan fingerprint density at radius 3 is 2.70 bits per heavy atom. The molecule has 3 amide bonds. The second-order valence-electron chi connectivity index (χ2n) is 11.2. The molecule has 46 heavy (non-hydrogen) atoms. The van der Waals surface area contributed by atoms with Crippen LogP contribution in [0.1, 0.15) is 64.5 Å². The van der Waals surface area contributed by atoms with E-state index in [1.54, 1.807) is 24.4 Å². The molecule has 0 bridgehead atoms. The van der Waals surface area contributed by atoms with E-state index in [4.69, 9.17) is 14.3 Å². The molecule has 3 rings (SSSR count). The largest absolute Gasteiger partial charge is 0.461 e. The summed E-state index contributed by atoms with van der Waals surface area (Å²) in [5, 5.41) is 10.4. The van der Waals surface area contributed by atoms with E-state index in [2.05, 4.69) is 32.8 Å². The lowest BCUT2D eigenvalue weighted by Crippen LogP contribution is -2.60. The first-order valence-corrected chi connectivity index (χ1v) is 15.3. The molecule has 1 fully saturated rings. The summed E-state index contributed by atoms with van der Waals surface area (Å²) < 4.78 is 10.2. The van der Waals surface area contributed by atoms with Crippen LogP contribution in [0.2, 0.25) is 0 Å². The summed E-state index contributed by atoms with van der Waals surface area (Å²) in [6, 6.07) is 3.05. The second kappa shape index (κ2) is 18.3. The van der Waals surface area contributed by atoms with Crippen LogP contribution in [0.15, 0.2) is 42.2 Å². The van der Waals surface area contributed by atoms with E-state index in [1.165, 1.54) is 11.1 Å². The number of carbonyl (C=O) groups excluding carboxylic acids is 6. The van der Waals surface area contributed by atoms with Gasteiger partial charge in [0.1, 0.15) is 18.4 Å². The number of carbonyl (C=O) groups is 6. The van der Waals surface area contributed by atoms with Gasteiger partial charge in [-0.25, -0.2) is 10.2 Å². The summed E-state index contributed by atoms with van der Waals surface area (Å²) in [5.74, 6) is -3.13. The van der Waals surface area contributed by atoms with Crippen LogP contribution in [-0.2, 0) is 43.1 Å². The Balaban J connectivity index is 1.59. The fourth-order valence-electron chi connectivity index (χ4n) is 4.71. The molecule has 0 saturated carbocycles. The SMILES string of the molecule is C=CCOC(=O)CC[C@H](NC(=O)[C@@H]1CCCNN1C(=O)CCNC(=O)CC(C)C)C(=O)COC(=O)C1CC(c2ccccn2)=NO1. The fraction of sp³-hybridized carbons (Fsp3) is 0.548. The number of rotatable bonds is 17. The molecular formula is C31H42N6O9. The van der Waals surface area contributed by atoms with Gasteiger partial charge in [-0.15, -0.1) is 0 Å². The van der Waals surface area contributed by atoms with E-state index in [0.717, 1.165) is 0 Å². The van der Waals surface area contributed by atoms with Crippen molar-refractivity contribution in [2.45, 2.75) is 77.0 Å². The van der Waals surface area contributed by atoms with Crippen LogP contribution < -0.4 is 16.1 Å². The molecule has 1 aromatic heterocycles. The highest BCUT2D eigenvalue weighted by atomic mass is 16.7. The number of ether oxygens (including phenoxy) is 2. The Morgan fingerprint density at radius 1 is 1.17 bits per heavy atom.